The number of nitrogen functional groups attached to an aromatic ring is 1. The number of pyridine rings is 2. The van der Waals surface area contributed by atoms with Crippen molar-refractivity contribution in [3.05, 3.63) is 48.8 Å². The van der Waals surface area contributed by atoms with Crippen molar-refractivity contribution in [2.45, 2.75) is 123 Å². The molecule has 2 heterocycles. The molecule has 3 N–H and O–H groups in total. The molecule has 2 aromatic rings. The number of aromatic nitrogens is 2. The molecule has 1 amide bonds. The van der Waals surface area contributed by atoms with Crippen LogP contribution in [0.4, 0.5) is 11.6 Å². The number of hydrogen-bond acceptors (Lipinski definition) is 6. The lowest BCUT2D eigenvalue weighted by molar-refractivity contribution is -0.125. The third-order valence-corrected chi connectivity index (χ3v) is 6.20. The minimum Gasteiger partial charge on any atom is -0.384 e. The monoisotopic (exact) mass is 608 g/mol. The van der Waals surface area contributed by atoms with Crippen LogP contribution in [0.1, 0.15) is 123 Å². The molecule has 2 aromatic heterocycles. The van der Waals surface area contributed by atoms with Crippen LogP contribution in [0.15, 0.2) is 48.8 Å². The maximum absolute atomic E-state index is 11.7. The second kappa shape index (κ2) is 30.5. The molecule has 0 saturated heterocycles. The topological polar surface area (TPSA) is 115 Å². The van der Waals surface area contributed by atoms with Crippen molar-refractivity contribution in [3.63, 3.8) is 0 Å². The van der Waals surface area contributed by atoms with E-state index in [9.17, 15) is 14.4 Å². The highest BCUT2D eigenvalue weighted by molar-refractivity contribution is 7.59. The summed E-state index contributed by atoms with van der Waals surface area (Å²) < 4.78 is 0. The summed E-state index contributed by atoms with van der Waals surface area (Å²) in [5.74, 6) is 0.798. The number of ketones is 1. The Hall–Kier alpha value is -2.45. The van der Waals surface area contributed by atoms with Crippen LogP contribution >= 0.6 is 25.1 Å². The number of amides is 1. The number of nitrogens with two attached hydrogens (primary N) is 1. The Morgan fingerprint density at radius 1 is 0.707 bits per heavy atom. The summed E-state index contributed by atoms with van der Waals surface area (Å²) in [4.78, 5) is 41.5. The van der Waals surface area contributed by atoms with E-state index in [1.54, 1.807) is 36.7 Å². The van der Waals surface area contributed by atoms with Gasteiger partial charge in [0.15, 0.2) is 0 Å². The van der Waals surface area contributed by atoms with Gasteiger partial charge in [-0.1, -0.05) is 103 Å². The largest absolute Gasteiger partial charge is 0.384 e. The van der Waals surface area contributed by atoms with E-state index in [0.717, 1.165) is 25.7 Å². The van der Waals surface area contributed by atoms with Gasteiger partial charge in [-0.15, -0.1) is 0 Å². The lowest BCUT2D eigenvalue weighted by atomic mass is 10.1. The van der Waals surface area contributed by atoms with Gasteiger partial charge in [-0.3, -0.25) is 14.4 Å². The molecule has 232 valence electrons. The van der Waals surface area contributed by atoms with Crippen LogP contribution in [-0.4, -0.2) is 26.9 Å². The van der Waals surface area contributed by atoms with Gasteiger partial charge in [0.2, 0.25) is 11.1 Å². The molecular formula is C32H53ClN4O3S. The fraction of sp³-hybridized carbons (Fsp3) is 0.594. The highest BCUT2D eigenvalue weighted by Gasteiger charge is 2.09. The van der Waals surface area contributed by atoms with Gasteiger partial charge in [-0.2, -0.15) is 13.5 Å². The lowest BCUT2D eigenvalue weighted by Crippen LogP contribution is -2.16. The fourth-order valence-corrected chi connectivity index (χ4v) is 3.90. The molecule has 0 atom stereocenters. The molecule has 0 aliphatic carbocycles. The summed E-state index contributed by atoms with van der Waals surface area (Å²) in [7, 11) is 0. The number of halogens is 1. The minimum absolute atomic E-state index is 0. The average Bonchev–Trinajstić information content (AvgIpc) is 2.93. The van der Waals surface area contributed by atoms with Crippen molar-refractivity contribution in [3.8, 4) is 0 Å². The molecule has 41 heavy (non-hydrogen) atoms. The van der Waals surface area contributed by atoms with Gasteiger partial charge < -0.3 is 11.1 Å². The molecule has 0 spiro atoms. The number of anilines is 2. The smallest absolute Gasteiger partial charge is 0.232 e. The van der Waals surface area contributed by atoms with Crippen molar-refractivity contribution in [2.75, 3.05) is 11.1 Å². The van der Waals surface area contributed by atoms with Gasteiger partial charge in [0, 0.05) is 25.2 Å². The number of carbonyl (C=O) groups is 3. The van der Waals surface area contributed by atoms with E-state index in [4.69, 9.17) is 17.3 Å². The normalized spacial score (nSPS) is 9.73. The zero-order valence-electron chi connectivity index (χ0n) is 25.2. The Kier molecular flexibility index (Phi) is 30.3. The van der Waals surface area contributed by atoms with Gasteiger partial charge >= 0.3 is 0 Å². The molecule has 0 saturated carbocycles. The summed E-state index contributed by atoms with van der Waals surface area (Å²) in [6.07, 6.45) is 21.2. The van der Waals surface area contributed by atoms with E-state index < -0.39 is 0 Å². The number of unbranched alkanes of at least 4 members (excludes halogenated alkanes) is 12. The molecule has 0 aliphatic heterocycles. The third kappa shape index (κ3) is 30.3. The number of hydrogen-bond donors (Lipinski definition) is 2. The van der Waals surface area contributed by atoms with Crippen molar-refractivity contribution in [2.24, 2.45) is 0 Å². The van der Waals surface area contributed by atoms with Crippen LogP contribution < -0.4 is 11.1 Å². The molecule has 7 nitrogen and oxygen atoms in total. The van der Waals surface area contributed by atoms with E-state index >= 15 is 0 Å². The van der Waals surface area contributed by atoms with Crippen molar-refractivity contribution in [1.29, 1.82) is 0 Å². The van der Waals surface area contributed by atoms with E-state index in [2.05, 4.69) is 29.1 Å². The Bertz CT molecular complexity index is 889. The van der Waals surface area contributed by atoms with Crippen LogP contribution in [0, 0.1) is 0 Å². The molecule has 0 bridgehead atoms. The molecule has 0 radical (unpaired) electrons. The molecule has 0 unspecified atom stereocenters. The first-order valence-corrected chi connectivity index (χ1v) is 15.3. The zero-order valence-corrected chi connectivity index (χ0v) is 27.0. The van der Waals surface area contributed by atoms with Gasteiger partial charge in [-0.05, 0) is 48.7 Å². The molecule has 9 heteroatoms. The first kappa shape index (κ1) is 40.7. The van der Waals surface area contributed by atoms with E-state index in [1.165, 1.54) is 64.2 Å². The van der Waals surface area contributed by atoms with Gasteiger partial charge in [0.05, 0.1) is 6.42 Å². The highest BCUT2D eigenvalue weighted by atomic mass is 35.5. The second-order valence-corrected chi connectivity index (χ2v) is 10.3. The highest BCUT2D eigenvalue weighted by Crippen LogP contribution is 2.10. The second-order valence-electron chi connectivity index (χ2n) is 9.83. The van der Waals surface area contributed by atoms with Crippen LogP contribution in [0.5, 0.6) is 0 Å². The maximum Gasteiger partial charge on any atom is 0.232 e. The molecule has 0 aliphatic rings. The number of rotatable bonds is 19. The number of carbonyl (C=O) groups excluding carboxylic acids is 3. The molecule has 0 fully saturated rings. The third-order valence-electron chi connectivity index (χ3n) is 6.01. The number of nitrogens with one attached hydrogen (secondary N) is 1. The van der Waals surface area contributed by atoms with E-state index in [0.29, 0.717) is 24.5 Å². The SMILES string of the molecule is CCCCCCCCCC(=O)CC(=O)Nc1ccccn1.CCCCCCCCCC(=O)Cl.Nc1ccccn1.S. The summed E-state index contributed by atoms with van der Waals surface area (Å²) in [6.45, 7) is 4.42. The average molecular weight is 609 g/mol. The molecule has 0 aromatic carbocycles. The van der Waals surface area contributed by atoms with E-state index in [-0.39, 0.29) is 36.8 Å². The van der Waals surface area contributed by atoms with Gasteiger partial charge in [0.1, 0.15) is 17.4 Å². The predicted molar refractivity (Wildman–Crippen MR) is 178 cm³/mol. The van der Waals surface area contributed by atoms with Gasteiger partial charge in [-0.25, -0.2) is 9.97 Å². The summed E-state index contributed by atoms with van der Waals surface area (Å²) in [5, 5.41) is 2.44. The lowest BCUT2D eigenvalue weighted by Gasteiger charge is -2.04. The Balaban J connectivity index is 0. The van der Waals surface area contributed by atoms with Crippen LogP contribution in [0.25, 0.3) is 0 Å². The summed E-state index contributed by atoms with van der Waals surface area (Å²) in [5.41, 5.74) is 5.25. The van der Waals surface area contributed by atoms with Gasteiger partial charge in [0.25, 0.3) is 0 Å². The van der Waals surface area contributed by atoms with Crippen LogP contribution in [-0.2, 0) is 14.4 Å². The summed E-state index contributed by atoms with van der Waals surface area (Å²) in [6, 6.07) is 10.7. The number of Topliss-reactive ketones (excluding diaryl/α,β-unsaturated/α-hetero) is 1. The Morgan fingerprint density at radius 2 is 1.20 bits per heavy atom. The first-order valence-electron chi connectivity index (χ1n) is 15.0. The first-order chi connectivity index (χ1) is 19.4. The quantitative estimate of drug-likeness (QED) is 0.0935. The molecule has 2 rings (SSSR count). The number of nitrogens with zero attached hydrogens (tertiary/aromatic N) is 2. The van der Waals surface area contributed by atoms with E-state index in [1.807, 2.05) is 12.1 Å². The standard InChI is InChI=1S/C17H26N2O2.C10H19ClO.C5H6N2.H2S/c1-2-3-4-5-6-7-8-11-15(20)14-17(21)19-16-12-9-10-13-18-16;1-2-3-4-5-6-7-8-9-10(11)12;6-5-3-1-2-4-7-5;/h9-10,12-13H,2-8,11,14H2,1H3,(H,18,19,21);2-9H2,1H3;1-4H,(H2,6,7);1H2. The maximum atomic E-state index is 11.7. The van der Waals surface area contributed by atoms with Crippen LogP contribution in [0.2, 0.25) is 0 Å². The van der Waals surface area contributed by atoms with Crippen molar-refractivity contribution in [1.82, 2.24) is 9.97 Å². The predicted octanol–water partition coefficient (Wildman–Crippen LogP) is 8.79. The minimum atomic E-state index is -0.276. The Morgan fingerprint density at radius 3 is 1.61 bits per heavy atom. The molecular weight excluding hydrogens is 556 g/mol. The summed E-state index contributed by atoms with van der Waals surface area (Å²) >= 11 is 5.20. The fourth-order valence-electron chi connectivity index (χ4n) is 3.77. The van der Waals surface area contributed by atoms with Crippen molar-refractivity contribution < 1.29 is 14.4 Å². The van der Waals surface area contributed by atoms with Crippen LogP contribution in [0.3, 0.4) is 0 Å². The van der Waals surface area contributed by atoms with Crippen molar-refractivity contribution >= 4 is 53.7 Å². The Labute approximate surface area is 260 Å². The zero-order chi connectivity index (χ0) is 29.7.